The van der Waals surface area contributed by atoms with Gasteiger partial charge in [0.1, 0.15) is 22.3 Å². The van der Waals surface area contributed by atoms with E-state index in [0.29, 0.717) is 34.0 Å². The molecular formula is C11H14N6O2S. The molecule has 5 N–H and O–H groups in total. The van der Waals surface area contributed by atoms with Crippen LogP contribution in [0.4, 0.5) is 16.8 Å². The average Bonchev–Trinajstić information content (AvgIpc) is 2.84. The molecule has 0 atom stereocenters. The summed E-state index contributed by atoms with van der Waals surface area (Å²) in [5.41, 5.74) is 5.17. The number of primary amides is 1. The zero-order valence-corrected chi connectivity index (χ0v) is 11.6. The molecule has 2 aromatic rings. The quantitative estimate of drug-likeness (QED) is 0.610. The van der Waals surface area contributed by atoms with E-state index in [-0.39, 0.29) is 6.61 Å². The fourth-order valence-corrected chi connectivity index (χ4v) is 2.14. The smallest absolute Gasteiger partial charge is 0.260 e. The van der Waals surface area contributed by atoms with E-state index < -0.39 is 5.91 Å². The first-order chi connectivity index (χ1) is 9.58. The standard InChI is InChI=1S/C11H14N6O2S/c1-6-15-8(13-2-3-18)4-9(16-6)17-11-14-5-7(20-11)10(12)19/h4-5,18H,2-3H2,1H3,(H2,12,19)(H2,13,14,15,16,17). The zero-order valence-electron chi connectivity index (χ0n) is 10.8. The van der Waals surface area contributed by atoms with Crippen LogP contribution in [0.1, 0.15) is 15.5 Å². The van der Waals surface area contributed by atoms with Crippen molar-refractivity contribution in [3.8, 4) is 0 Å². The van der Waals surface area contributed by atoms with Crippen molar-refractivity contribution in [2.45, 2.75) is 6.92 Å². The molecule has 1 amide bonds. The lowest BCUT2D eigenvalue weighted by Gasteiger charge is -2.07. The third-order valence-corrected chi connectivity index (χ3v) is 3.17. The van der Waals surface area contributed by atoms with E-state index in [1.165, 1.54) is 6.20 Å². The largest absolute Gasteiger partial charge is 0.395 e. The highest BCUT2D eigenvalue weighted by molar-refractivity contribution is 7.17. The maximum absolute atomic E-state index is 11.0. The van der Waals surface area contributed by atoms with Gasteiger partial charge in [-0.2, -0.15) is 0 Å². The summed E-state index contributed by atoms with van der Waals surface area (Å²) < 4.78 is 0. The second kappa shape index (κ2) is 6.26. The van der Waals surface area contributed by atoms with Crippen molar-refractivity contribution in [3.05, 3.63) is 23.0 Å². The fourth-order valence-electron chi connectivity index (χ4n) is 1.46. The fraction of sp³-hybridized carbons (Fsp3) is 0.273. The number of amides is 1. The number of nitrogens with one attached hydrogen (secondary N) is 2. The number of aryl methyl sites for hydroxylation is 1. The van der Waals surface area contributed by atoms with Crippen molar-refractivity contribution < 1.29 is 9.90 Å². The molecule has 0 aliphatic carbocycles. The third kappa shape index (κ3) is 3.62. The Bertz CT molecular complexity index is 615. The Morgan fingerprint density at radius 2 is 2.20 bits per heavy atom. The van der Waals surface area contributed by atoms with Crippen molar-refractivity contribution in [2.24, 2.45) is 5.73 Å². The Morgan fingerprint density at radius 1 is 1.45 bits per heavy atom. The van der Waals surface area contributed by atoms with Gasteiger partial charge in [-0.15, -0.1) is 0 Å². The van der Waals surface area contributed by atoms with Crippen LogP contribution in [-0.2, 0) is 0 Å². The lowest BCUT2D eigenvalue weighted by Crippen LogP contribution is -2.09. The SMILES string of the molecule is Cc1nc(NCCO)cc(Nc2ncc(C(N)=O)s2)n1. The van der Waals surface area contributed by atoms with Gasteiger partial charge in [-0.3, -0.25) is 4.79 Å². The Morgan fingerprint density at radius 3 is 2.85 bits per heavy atom. The van der Waals surface area contributed by atoms with Crippen LogP contribution in [0.3, 0.4) is 0 Å². The first kappa shape index (κ1) is 14.2. The van der Waals surface area contributed by atoms with E-state index >= 15 is 0 Å². The molecule has 0 fully saturated rings. The minimum absolute atomic E-state index is 0.0142. The van der Waals surface area contributed by atoms with Crippen molar-refractivity contribution >= 4 is 34.0 Å². The van der Waals surface area contributed by atoms with Gasteiger partial charge in [-0.05, 0) is 6.92 Å². The molecule has 106 valence electrons. The number of carbonyl (C=O) groups excluding carboxylic acids is 1. The molecule has 2 heterocycles. The molecule has 0 saturated heterocycles. The van der Waals surface area contributed by atoms with Crippen LogP contribution in [0.2, 0.25) is 0 Å². The normalized spacial score (nSPS) is 10.3. The monoisotopic (exact) mass is 294 g/mol. The minimum atomic E-state index is -0.514. The summed E-state index contributed by atoms with van der Waals surface area (Å²) in [5.74, 6) is 1.20. The molecule has 9 heteroatoms. The number of nitrogens with zero attached hydrogens (tertiary/aromatic N) is 3. The molecule has 0 bridgehead atoms. The first-order valence-corrected chi connectivity index (χ1v) is 6.63. The van der Waals surface area contributed by atoms with Gasteiger partial charge >= 0.3 is 0 Å². The van der Waals surface area contributed by atoms with Crippen molar-refractivity contribution in [1.29, 1.82) is 0 Å². The number of hydrogen-bond donors (Lipinski definition) is 4. The number of anilines is 3. The highest BCUT2D eigenvalue weighted by atomic mass is 32.1. The number of carbonyl (C=O) groups is 1. The van der Waals surface area contributed by atoms with E-state index in [4.69, 9.17) is 10.8 Å². The van der Waals surface area contributed by atoms with Crippen LogP contribution in [0.15, 0.2) is 12.3 Å². The highest BCUT2D eigenvalue weighted by Gasteiger charge is 2.08. The van der Waals surface area contributed by atoms with Crippen LogP contribution in [0, 0.1) is 6.92 Å². The predicted octanol–water partition coefficient (Wildman–Crippen LogP) is 0.488. The molecule has 0 unspecified atom stereocenters. The van der Waals surface area contributed by atoms with Gasteiger partial charge in [-0.1, -0.05) is 11.3 Å². The number of aromatic nitrogens is 3. The molecule has 0 aliphatic heterocycles. The molecule has 0 spiro atoms. The lowest BCUT2D eigenvalue weighted by molar-refractivity contribution is 0.100. The van der Waals surface area contributed by atoms with E-state index in [0.717, 1.165) is 11.3 Å². The zero-order chi connectivity index (χ0) is 14.5. The van der Waals surface area contributed by atoms with Crippen LogP contribution in [0.5, 0.6) is 0 Å². The average molecular weight is 294 g/mol. The Kier molecular flexibility index (Phi) is 4.43. The second-order valence-electron chi connectivity index (χ2n) is 3.85. The van der Waals surface area contributed by atoms with E-state index in [1.54, 1.807) is 13.0 Å². The number of thiazole rings is 1. The van der Waals surface area contributed by atoms with Crippen molar-refractivity contribution in [3.63, 3.8) is 0 Å². The van der Waals surface area contributed by atoms with Gasteiger partial charge in [0.2, 0.25) is 0 Å². The van der Waals surface area contributed by atoms with Crippen molar-refractivity contribution in [2.75, 3.05) is 23.8 Å². The number of rotatable bonds is 6. The number of hydrogen-bond acceptors (Lipinski definition) is 8. The van der Waals surface area contributed by atoms with Gasteiger partial charge in [0.15, 0.2) is 5.13 Å². The molecule has 0 radical (unpaired) electrons. The predicted molar refractivity (Wildman–Crippen MR) is 76.3 cm³/mol. The number of aliphatic hydroxyl groups is 1. The molecular weight excluding hydrogens is 280 g/mol. The molecule has 0 aliphatic rings. The summed E-state index contributed by atoms with van der Waals surface area (Å²) in [5, 5.41) is 15.2. The van der Waals surface area contributed by atoms with Crippen LogP contribution in [0.25, 0.3) is 0 Å². The molecule has 0 aromatic carbocycles. The van der Waals surface area contributed by atoms with E-state index in [9.17, 15) is 4.79 Å². The summed E-state index contributed by atoms with van der Waals surface area (Å²) in [7, 11) is 0. The Balaban J connectivity index is 2.15. The van der Waals surface area contributed by atoms with Gasteiger partial charge in [0.05, 0.1) is 12.8 Å². The second-order valence-corrected chi connectivity index (χ2v) is 4.89. The van der Waals surface area contributed by atoms with Gasteiger partial charge in [0.25, 0.3) is 5.91 Å². The molecule has 20 heavy (non-hydrogen) atoms. The Hall–Kier alpha value is -2.26. The maximum Gasteiger partial charge on any atom is 0.260 e. The number of aliphatic hydroxyl groups excluding tert-OH is 1. The summed E-state index contributed by atoms with van der Waals surface area (Å²) >= 11 is 1.15. The maximum atomic E-state index is 11.0. The van der Waals surface area contributed by atoms with E-state index in [2.05, 4.69) is 25.6 Å². The van der Waals surface area contributed by atoms with Crippen LogP contribution < -0.4 is 16.4 Å². The molecule has 0 saturated carbocycles. The van der Waals surface area contributed by atoms with Crippen LogP contribution in [-0.4, -0.2) is 39.1 Å². The van der Waals surface area contributed by atoms with Gasteiger partial charge in [-0.25, -0.2) is 15.0 Å². The van der Waals surface area contributed by atoms with Gasteiger partial charge < -0.3 is 21.5 Å². The van der Waals surface area contributed by atoms with Crippen LogP contribution >= 0.6 is 11.3 Å². The Labute approximate surface area is 119 Å². The van der Waals surface area contributed by atoms with E-state index in [1.807, 2.05) is 0 Å². The molecule has 2 aromatic heterocycles. The topological polar surface area (TPSA) is 126 Å². The number of nitrogens with two attached hydrogens (primary N) is 1. The van der Waals surface area contributed by atoms with Gasteiger partial charge in [0, 0.05) is 12.6 Å². The summed E-state index contributed by atoms with van der Waals surface area (Å²) in [6, 6.07) is 1.69. The molecule has 2 rings (SSSR count). The third-order valence-electron chi connectivity index (χ3n) is 2.24. The minimum Gasteiger partial charge on any atom is -0.395 e. The summed E-state index contributed by atoms with van der Waals surface area (Å²) in [4.78, 5) is 23.8. The summed E-state index contributed by atoms with van der Waals surface area (Å²) in [6.45, 7) is 2.17. The lowest BCUT2D eigenvalue weighted by atomic mass is 10.5. The first-order valence-electron chi connectivity index (χ1n) is 5.81. The summed E-state index contributed by atoms with van der Waals surface area (Å²) in [6.07, 6.45) is 1.41. The van der Waals surface area contributed by atoms with Crippen molar-refractivity contribution in [1.82, 2.24) is 15.0 Å². The molecule has 8 nitrogen and oxygen atoms in total. The highest BCUT2D eigenvalue weighted by Crippen LogP contribution is 2.22.